The lowest BCUT2D eigenvalue weighted by molar-refractivity contribution is -0.0827. The van der Waals surface area contributed by atoms with Gasteiger partial charge in [-0.15, -0.1) is 0 Å². The first-order valence-electron chi connectivity index (χ1n) is 6.31. The number of ether oxygens (including phenoxy) is 1. The lowest BCUT2D eigenvalue weighted by atomic mass is 9.98. The van der Waals surface area contributed by atoms with Gasteiger partial charge in [0.25, 0.3) is 0 Å². The second-order valence-electron chi connectivity index (χ2n) is 5.11. The highest BCUT2D eigenvalue weighted by atomic mass is 16.5. The Hall–Kier alpha value is -0.120. The minimum absolute atomic E-state index is 0.395. The molecule has 0 amide bonds. The molecule has 2 aliphatic rings. The molecule has 2 heterocycles. The summed E-state index contributed by atoms with van der Waals surface area (Å²) in [6.07, 6.45) is 2.08. The van der Waals surface area contributed by atoms with Crippen molar-refractivity contribution in [1.29, 1.82) is 0 Å². The van der Waals surface area contributed by atoms with Crippen LogP contribution in [0.4, 0.5) is 0 Å². The summed E-state index contributed by atoms with van der Waals surface area (Å²) >= 11 is 0. The van der Waals surface area contributed by atoms with E-state index in [1.807, 2.05) is 0 Å². The van der Waals surface area contributed by atoms with E-state index in [9.17, 15) is 0 Å². The van der Waals surface area contributed by atoms with E-state index in [0.717, 1.165) is 31.6 Å². The van der Waals surface area contributed by atoms with Crippen molar-refractivity contribution in [2.24, 2.45) is 5.92 Å². The summed E-state index contributed by atoms with van der Waals surface area (Å²) in [7, 11) is 0. The van der Waals surface area contributed by atoms with Gasteiger partial charge < -0.3 is 10.1 Å². The van der Waals surface area contributed by atoms with Gasteiger partial charge in [-0.2, -0.15) is 0 Å². The molecule has 4 atom stereocenters. The predicted octanol–water partition coefficient (Wildman–Crippen LogP) is 1.09. The Kier molecular flexibility index (Phi) is 3.65. The number of rotatable bonds is 2. The number of hydrogen-bond acceptors (Lipinski definition) is 3. The Morgan fingerprint density at radius 1 is 1.20 bits per heavy atom. The molecule has 15 heavy (non-hydrogen) atoms. The Labute approximate surface area is 93.2 Å². The third-order valence-corrected chi connectivity index (χ3v) is 3.75. The molecular weight excluding hydrogens is 188 g/mol. The van der Waals surface area contributed by atoms with Gasteiger partial charge in [0.1, 0.15) is 0 Å². The Morgan fingerprint density at radius 3 is 2.47 bits per heavy atom. The van der Waals surface area contributed by atoms with Gasteiger partial charge in [0.2, 0.25) is 0 Å². The summed E-state index contributed by atoms with van der Waals surface area (Å²) in [5.41, 5.74) is 0. The molecule has 0 radical (unpaired) electrons. The Morgan fingerprint density at radius 2 is 1.87 bits per heavy atom. The third-order valence-electron chi connectivity index (χ3n) is 3.75. The molecule has 2 fully saturated rings. The van der Waals surface area contributed by atoms with Crippen LogP contribution in [0, 0.1) is 5.92 Å². The van der Waals surface area contributed by atoms with Crippen molar-refractivity contribution in [3.63, 3.8) is 0 Å². The average Bonchev–Trinajstić information content (AvgIpc) is 2.63. The second-order valence-corrected chi connectivity index (χ2v) is 5.11. The quantitative estimate of drug-likeness (QED) is 0.741. The summed E-state index contributed by atoms with van der Waals surface area (Å²) in [6, 6.07) is 0.740. The standard InChI is InChI=1S/C12H24N2O/c1-4-11-5-13-6-12(11)14-7-9(2)15-10(3)8-14/h9-13H,4-8H2,1-3H3/t9-,10+,11?,12?. The van der Waals surface area contributed by atoms with Gasteiger partial charge in [0.05, 0.1) is 12.2 Å². The Balaban J connectivity index is 1.96. The van der Waals surface area contributed by atoms with E-state index < -0.39 is 0 Å². The molecule has 0 spiro atoms. The monoisotopic (exact) mass is 212 g/mol. The molecule has 88 valence electrons. The van der Waals surface area contributed by atoms with Crippen LogP contribution >= 0.6 is 0 Å². The van der Waals surface area contributed by atoms with Gasteiger partial charge in [0.15, 0.2) is 0 Å². The van der Waals surface area contributed by atoms with Gasteiger partial charge in [-0.1, -0.05) is 13.3 Å². The summed E-state index contributed by atoms with van der Waals surface area (Å²) in [4.78, 5) is 2.63. The van der Waals surface area contributed by atoms with Crippen molar-refractivity contribution < 1.29 is 4.74 Å². The molecule has 0 bridgehead atoms. The first-order chi connectivity index (χ1) is 7.20. The molecule has 2 rings (SSSR count). The zero-order valence-electron chi connectivity index (χ0n) is 10.2. The second kappa shape index (κ2) is 4.81. The van der Waals surface area contributed by atoms with Crippen molar-refractivity contribution in [2.75, 3.05) is 26.2 Å². The minimum Gasteiger partial charge on any atom is -0.373 e. The molecule has 3 nitrogen and oxygen atoms in total. The van der Waals surface area contributed by atoms with Crippen LogP contribution in [0.2, 0.25) is 0 Å². The van der Waals surface area contributed by atoms with E-state index in [4.69, 9.17) is 4.74 Å². The molecule has 0 aromatic heterocycles. The minimum atomic E-state index is 0.395. The molecular formula is C12H24N2O. The number of morpholine rings is 1. The van der Waals surface area contributed by atoms with Crippen molar-refractivity contribution in [1.82, 2.24) is 10.2 Å². The fourth-order valence-corrected chi connectivity index (χ4v) is 3.05. The third kappa shape index (κ3) is 2.52. The van der Waals surface area contributed by atoms with Crippen molar-refractivity contribution in [3.8, 4) is 0 Å². The van der Waals surface area contributed by atoms with Crippen LogP contribution in [0.25, 0.3) is 0 Å². The first kappa shape index (κ1) is 11.4. The lowest BCUT2D eigenvalue weighted by Crippen LogP contribution is -2.52. The van der Waals surface area contributed by atoms with Crippen molar-refractivity contribution in [2.45, 2.75) is 45.4 Å². The molecule has 0 saturated carbocycles. The molecule has 0 aromatic rings. The van der Waals surface area contributed by atoms with Crippen molar-refractivity contribution >= 4 is 0 Å². The average molecular weight is 212 g/mol. The van der Waals surface area contributed by atoms with E-state index in [2.05, 4.69) is 31.0 Å². The van der Waals surface area contributed by atoms with Gasteiger partial charge in [-0.25, -0.2) is 0 Å². The Bertz CT molecular complexity index is 200. The van der Waals surface area contributed by atoms with E-state index >= 15 is 0 Å². The molecule has 1 N–H and O–H groups in total. The SMILES string of the molecule is CCC1CNCC1N1C[C@@H](C)O[C@@H](C)C1. The van der Waals surface area contributed by atoms with Crippen LogP contribution in [-0.2, 0) is 4.74 Å². The maximum atomic E-state index is 5.78. The summed E-state index contributed by atoms with van der Waals surface area (Å²) in [6.45, 7) is 11.2. The normalized spacial score (nSPS) is 43.4. The van der Waals surface area contributed by atoms with Gasteiger partial charge in [0, 0.05) is 25.7 Å². The molecule has 2 unspecified atom stereocenters. The molecule has 0 aliphatic carbocycles. The molecule has 3 heteroatoms. The predicted molar refractivity (Wildman–Crippen MR) is 62.0 cm³/mol. The maximum absolute atomic E-state index is 5.78. The largest absolute Gasteiger partial charge is 0.373 e. The van der Waals surface area contributed by atoms with Crippen LogP contribution in [0.3, 0.4) is 0 Å². The lowest BCUT2D eigenvalue weighted by Gasteiger charge is -2.40. The summed E-state index contributed by atoms with van der Waals surface area (Å²) in [5.74, 6) is 0.836. The highest BCUT2D eigenvalue weighted by molar-refractivity contribution is 4.90. The number of hydrogen-bond donors (Lipinski definition) is 1. The number of nitrogens with one attached hydrogen (secondary N) is 1. The van der Waals surface area contributed by atoms with Crippen LogP contribution in [0.1, 0.15) is 27.2 Å². The molecule has 2 aliphatic heterocycles. The van der Waals surface area contributed by atoms with E-state index in [1.54, 1.807) is 0 Å². The van der Waals surface area contributed by atoms with E-state index in [1.165, 1.54) is 13.0 Å². The van der Waals surface area contributed by atoms with Crippen LogP contribution < -0.4 is 5.32 Å². The molecule has 2 saturated heterocycles. The van der Waals surface area contributed by atoms with Gasteiger partial charge >= 0.3 is 0 Å². The van der Waals surface area contributed by atoms with Crippen LogP contribution in [0.15, 0.2) is 0 Å². The smallest absolute Gasteiger partial charge is 0.0678 e. The zero-order chi connectivity index (χ0) is 10.8. The fraction of sp³-hybridized carbons (Fsp3) is 1.00. The highest BCUT2D eigenvalue weighted by Gasteiger charge is 2.34. The van der Waals surface area contributed by atoms with E-state index in [-0.39, 0.29) is 0 Å². The summed E-state index contributed by atoms with van der Waals surface area (Å²) < 4.78 is 5.78. The number of nitrogens with zero attached hydrogens (tertiary/aromatic N) is 1. The summed E-state index contributed by atoms with van der Waals surface area (Å²) in [5, 5.41) is 3.52. The van der Waals surface area contributed by atoms with Crippen molar-refractivity contribution in [3.05, 3.63) is 0 Å². The fourth-order valence-electron chi connectivity index (χ4n) is 3.05. The van der Waals surface area contributed by atoms with E-state index in [0.29, 0.717) is 12.2 Å². The zero-order valence-corrected chi connectivity index (χ0v) is 10.2. The van der Waals surface area contributed by atoms with Gasteiger partial charge in [-0.05, 0) is 26.3 Å². The highest BCUT2D eigenvalue weighted by Crippen LogP contribution is 2.22. The maximum Gasteiger partial charge on any atom is 0.0678 e. The first-order valence-corrected chi connectivity index (χ1v) is 6.31. The van der Waals surface area contributed by atoms with Crippen LogP contribution in [0.5, 0.6) is 0 Å². The van der Waals surface area contributed by atoms with Crippen LogP contribution in [-0.4, -0.2) is 49.3 Å². The van der Waals surface area contributed by atoms with Gasteiger partial charge in [-0.3, -0.25) is 4.90 Å². The molecule has 0 aromatic carbocycles. The topological polar surface area (TPSA) is 24.5 Å².